The van der Waals surface area contributed by atoms with Crippen molar-refractivity contribution in [1.82, 2.24) is 10.6 Å². The molecule has 4 rings (SSSR count). The fourth-order valence-corrected chi connectivity index (χ4v) is 4.10. The van der Waals surface area contributed by atoms with Crippen molar-refractivity contribution in [3.8, 4) is 0 Å². The average Bonchev–Trinajstić information content (AvgIpc) is 2.86. The largest absolute Gasteiger partial charge is 0.467 e. The molecule has 1 unspecified atom stereocenters. The van der Waals surface area contributed by atoms with Crippen LogP contribution < -0.4 is 10.6 Å². The molecule has 6 heteroatoms. The Bertz CT molecular complexity index is 1340. The lowest BCUT2D eigenvalue weighted by Gasteiger charge is -2.18. The monoisotopic (exact) mass is 454 g/mol. The fourth-order valence-electron chi connectivity index (χ4n) is 4.10. The number of esters is 1. The average molecular weight is 455 g/mol. The van der Waals surface area contributed by atoms with Gasteiger partial charge in [0.15, 0.2) is 0 Å². The highest BCUT2D eigenvalue weighted by molar-refractivity contribution is 5.93. The van der Waals surface area contributed by atoms with Crippen molar-refractivity contribution in [1.29, 1.82) is 0 Å². The molecule has 4 aromatic rings. The predicted molar refractivity (Wildman–Crippen MR) is 132 cm³/mol. The van der Waals surface area contributed by atoms with Crippen LogP contribution in [0.2, 0.25) is 0 Å². The molecular weight excluding hydrogens is 428 g/mol. The zero-order valence-electron chi connectivity index (χ0n) is 18.9. The van der Waals surface area contributed by atoms with E-state index in [4.69, 9.17) is 4.74 Å². The Morgan fingerprint density at radius 1 is 0.706 bits per heavy atom. The molecule has 0 heterocycles. The van der Waals surface area contributed by atoms with E-state index in [9.17, 15) is 14.4 Å². The molecule has 34 heavy (non-hydrogen) atoms. The quantitative estimate of drug-likeness (QED) is 0.399. The van der Waals surface area contributed by atoms with Gasteiger partial charge in [-0.1, -0.05) is 84.9 Å². The summed E-state index contributed by atoms with van der Waals surface area (Å²) in [6.07, 6.45) is 0.276. The van der Waals surface area contributed by atoms with Crippen LogP contribution in [0, 0.1) is 0 Å². The summed E-state index contributed by atoms with van der Waals surface area (Å²) in [6.45, 7) is -0.0580. The maximum atomic E-state index is 12.7. The molecule has 0 radical (unpaired) electrons. The van der Waals surface area contributed by atoms with E-state index in [2.05, 4.69) is 10.6 Å². The molecule has 0 saturated heterocycles. The number of methoxy groups -OCH3 is 1. The maximum Gasteiger partial charge on any atom is 0.330 e. The van der Waals surface area contributed by atoms with E-state index < -0.39 is 12.0 Å². The van der Waals surface area contributed by atoms with Gasteiger partial charge in [0.25, 0.3) is 0 Å². The van der Waals surface area contributed by atoms with Gasteiger partial charge in [0.2, 0.25) is 11.8 Å². The molecule has 0 aromatic heterocycles. The number of ether oxygens (including phenoxy) is 1. The SMILES string of the molecule is COC(=O)C(CNC(=O)Cc1cccc2ccccc12)NC(=O)Cc1cccc2ccccc12. The van der Waals surface area contributed by atoms with Crippen LogP contribution in [0.3, 0.4) is 0 Å². The first-order valence-electron chi connectivity index (χ1n) is 11.1. The van der Waals surface area contributed by atoms with Gasteiger partial charge in [-0.25, -0.2) is 4.79 Å². The minimum Gasteiger partial charge on any atom is -0.467 e. The second-order valence-corrected chi connectivity index (χ2v) is 8.08. The zero-order valence-corrected chi connectivity index (χ0v) is 18.9. The summed E-state index contributed by atoms with van der Waals surface area (Å²) < 4.78 is 4.84. The highest BCUT2D eigenvalue weighted by Gasteiger charge is 2.23. The van der Waals surface area contributed by atoms with Gasteiger partial charge in [-0.3, -0.25) is 9.59 Å². The Balaban J connectivity index is 1.39. The number of hydrogen-bond acceptors (Lipinski definition) is 4. The summed E-state index contributed by atoms with van der Waals surface area (Å²) in [7, 11) is 1.25. The van der Waals surface area contributed by atoms with Crippen LogP contribution in [0.5, 0.6) is 0 Å². The van der Waals surface area contributed by atoms with Crippen molar-refractivity contribution in [2.24, 2.45) is 0 Å². The van der Waals surface area contributed by atoms with Gasteiger partial charge in [0.1, 0.15) is 6.04 Å². The standard InChI is InChI=1S/C28H26N2O4/c1-34-28(33)25(30-27(32)17-22-13-7-11-20-9-3-5-15-24(20)22)18-29-26(31)16-21-12-6-10-19-8-2-4-14-23(19)21/h2-15,25H,16-18H2,1H3,(H,29,31)(H,30,32). The van der Waals surface area contributed by atoms with Gasteiger partial charge in [-0.2, -0.15) is 0 Å². The summed E-state index contributed by atoms with van der Waals surface area (Å²) in [5.74, 6) is -1.18. The minimum absolute atomic E-state index is 0.0580. The molecule has 6 nitrogen and oxygen atoms in total. The number of nitrogens with one attached hydrogen (secondary N) is 2. The fraction of sp³-hybridized carbons (Fsp3) is 0.179. The van der Waals surface area contributed by atoms with Crippen LogP contribution >= 0.6 is 0 Å². The van der Waals surface area contributed by atoms with E-state index in [-0.39, 0.29) is 31.2 Å². The number of rotatable bonds is 8. The smallest absolute Gasteiger partial charge is 0.330 e. The maximum absolute atomic E-state index is 12.7. The van der Waals surface area contributed by atoms with Crippen LogP contribution in [0.1, 0.15) is 11.1 Å². The van der Waals surface area contributed by atoms with Crippen molar-refractivity contribution >= 4 is 39.3 Å². The topological polar surface area (TPSA) is 84.5 Å². The number of carbonyl (C=O) groups is 3. The number of carbonyl (C=O) groups excluding carboxylic acids is 3. The second-order valence-electron chi connectivity index (χ2n) is 8.08. The van der Waals surface area contributed by atoms with Crippen molar-refractivity contribution in [2.75, 3.05) is 13.7 Å². The molecule has 0 bridgehead atoms. The van der Waals surface area contributed by atoms with E-state index in [0.29, 0.717) is 0 Å². The van der Waals surface area contributed by atoms with Crippen LogP contribution in [0.4, 0.5) is 0 Å². The molecule has 2 amide bonds. The number of benzene rings is 4. The minimum atomic E-state index is -0.982. The number of hydrogen-bond donors (Lipinski definition) is 2. The van der Waals surface area contributed by atoms with E-state index >= 15 is 0 Å². The molecular formula is C28H26N2O4. The third-order valence-electron chi connectivity index (χ3n) is 5.79. The summed E-state index contributed by atoms with van der Waals surface area (Å²) >= 11 is 0. The Morgan fingerprint density at radius 3 is 1.76 bits per heavy atom. The number of fused-ring (bicyclic) bond motifs is 2. The highest BCUT2D eigenvalue weighted by Crippen LogP contribution is 2.20. The molecule has 0 spiro atoms. The summed E-state index contributed by atoms with van der Waals surface area (Å²) in [5.41, 5.74) is 1.75. The van der Waals surface area contributed by atoms with Gasteiger partial charge in [-0.05, 0) is 32.7 Å². The molecule has 4 aromatic carbocycles. The van der Waals surface area contributed by atoms with Crippen LogP contribution in [-0.2, 0) is 32.0 Å². The Hall–Kier alpha value is -4.19. The molecule has 0 aliphatic carbocycles. The molecule has 0 fully saturated rings. The Morgan fingerprint density at radius 2 is 1.21 bits per heavy atom. The van der Waals surface area contributed by atoms with Crippen LogP contribution in [0.15, 0.2) is 84.9 Å². The van der Waals surface area contributed by atoms with Gasteiger partial charge < -0.3 is 15.4 Å². The lowest BCUT2D eigenvalue weighted by molar-refractivity contribution is -0.145. The molecule has 0 aliphatic rings. The number of amides is 2. The summed E-state index contributed by atoms with van der Waals surface area (Å²) in [5, 5.41) is 9.55. The van der Waals surface area contributed by atoms with Crippen LogP contribution in [-0.4, -0.2) is 37.5 Å². The normalized spacial score (nSPS) is 11.7. The molecule has 0 saturated carbocycles. The molecule has 2 N–H and O–H groups in total. The van der Waals surface area contributed by atoms with Crippen molar-refractivity contribution in [3.63, 3.8) is 0 Å². The zero-order chi connectivity index (χ0) is 23.9. The van der Waals surface area contributed by atoms with Crippen molar-refractivity contribution < 1.29 is 19.1 Å². The van der Waals surface area contributed by atoms with Crippen LogP contribution in [0.25, 0.3) is 21.5 Å². The van der Waals surface area contributed by atoms with Crippen molar-refractivity contribution in [3.05, 3.63) is 96.1 Å². The van der Waals surface area contributed by atoms with Gasteiger partial charge in [0, 0.05) is 6.54 Å². The Labute approximate surface area is 197 Å². The van der Waals surface area contributed by atoms with E-state index in [1.54, 1.807) is 0 Å². The lowest BCUT2D eigenvalue weighted by Crippen LogP contribution is -2.49. The Kier molecular flexibility index (Phi) is 7.18. The highest BCUT2D eigenvalue weighted by atomic mass is 16.5. The lowest BCUT2D eigenvalue weighted by atomic mass is 10.0. The molecule has 172 valence electrons. The first-order chi connectivity index (χ1) is 16.5. The van der Waals surface area contributed by atoms with Gasteiger partial charge in [0.05, 0.1) is 20.0 Å². The first-order valence-corrected chi connectivity index (χ1v) is 11.1. The first kappa shape index (κ1) is 23.0. The summed E-state index contributed by atoms with van der Waals surface area (Å²) in [6, 6.07) is 26.3. The van der Waals surface area contributed by atoms with E-state index in [0.717, 1.165) is 32.7 Å². The molecule has 1 atom stereocenters. The van der Waals surface area contributed by atoms with Gasteiger partial charge in [-0.15, -0.1) is 0 Å². The third kappa shape index (κ3) is 5.41. The van der Waals surface area contributed by atoms with Gasteiger partial charge >= 0.3 is 5.97 Å². The van der Waals surface area contributed by atoms with E-state index in [1.807, 2.05) is 84.9 Å². The third-order valence-corrected chi connectivity index (χ3v) is 5.79. The second kappa shape index (κ2) is 10.6. The van der Waals surface area contributed by atoms with E-state index in [1.165, 1.54) is 7.11 Å². The summed E-state index contributed by atoms with van der Waals surface area (Å²) in [4.78, 5) is 37.6. The predicted octanol–water partition coefficient (Wildman–Crippen LogP) is 3.55. The van der Waals surface area contributed by atoms with Crippen molar-refractivity contribution in [2.45, 2.75) is 18.9 Å². The molecule has 0 aliphatic heterocycles.